The summed E-state index contributed by atoms with van der Waals surface area (Å²) in [6, 6.07) is 15.8. The number of benzene rings is 2. The summed E-state index contributed by atoms with van der Waals surface area (Å²) in [5, 5.41) is 3.50. The molecule has 29 heavy (non-hydrogen) atoms. The summed E-state index contributed by atoms with van der Waals surface area (Å²) < 4.78 is 1.37. The predicted octanol–water partition coefficient (Wildman–Crippen LogP) is 4.69. The molecule has 0 radical (unpaired) electrons. The lowest BCUT2D eigenvalue weighted by molar-refractivity contribution is -0.116. The van der Waals surface area contributed by atoms with Crippen molar-refractivity contribution in [3.05, 3.63) is 81.9 Å². The van der Waals surface area contributed by atoms with Crippen molar-refractivity contribution in [2.75, 3.05) is 5.32 Å². The van der Waals surface area contributed by atoms with E-state index in [2.05, 4.69) is 10.3 Å². The SMILES string of the molecule is Cc1cccc(C)c1NC(=O)Cn1cnc2sc(-c3ccccc3)c(C)c2c1=O. The number of amides is 1. The molecular formula is C23H21N3O2S. The second-order valence-corrected chi connectivity index (χ2v) is 8.09. The van der Waals surface area contributed by atoms with Crippen LogP contribution in [0.3, 0.4) is 0 Å². The maximum atomic E-state index is 13.1. The van der Waals surface area contributed by atoms with Gasteiger partial charge in [-0.15, -0.1) is 11.3 Å². The van der Waals surface area contributed by atoms with Crippen LogP contribution in [0.4, 0.5) is 5.69 Å². The number of thiophene rings is 1. The number of carbonyl (C=O) groups excluding carboxylic acids is 1. The fraction of sp³-hybridized carbons (Fsp3) is 0.174. The highest BCUT2D eigenvalue weighted by Gasteiger charge is 2.17. The minimum atomic E-state index is -0.248. The number of nitrogens with zero attached hydrogens (tertiary/aromatic N) is 2. The number of aromatic nitrogens is 2. The molecule has 4 rings (SSSR count). The van der Waals surface area contributed by atoms with Gasteiger partial charge in [-0.3, -0.25) is 14.2 Å². The first-order valence-corrected chi connectivity index (χ1v) is 10.2. The summed E-state index contributed by atoms with van der Waals surface area (Å²) in [6.45, 7) is 5.75. The van der Waals surface area contributed by atoms with Gasteiger partial charge >= 0.3 is 0 Å². The number of hydrogen-bond acceptors (Lipinski definition) is 4. The Labute approximate surface area is 172 Å². The average Bonchev–Trinajstić information content (AvgIpc) is 3.05. The highest BCUT2D eigenvalue weighted by molar-refractivity contribution is 7.22. The molecule has 4 aromatic rings. The minimum absolute atomic E-state index is 0.0779. The Morgan fingerprint density at radius 3 is 2.41 bits per heavy atom. The van der Waals surface area contributed by atoms with E-state index in [4.69, 9.17) is 0 Å². The van der Waals surface area contributed by atoms with Crippen LogP contribution in [0.2, 0.25) is 0 Å². The Morgan fingerprint density at radius 1 is 1.03 bits per heavy atom. The van der Waals surface area contributed by atoms with Crippen molar-refractivity contribution in [1.29, 1.82) is 0 Å². The van der Waals surface area contributed by atoms with Crippen LogP contribution in [0.5, 0.6) is 0 Å². The van der Waals surface area contributed by atoms with Gasteiger partial charge in [-0.05, 0) is 43.0 Å². The third kappa shape index (κ3) is 3.59. The highest BCUT2D eigenvalue weighted by atomic mass is 32.1. The lowest BCUT2D eigenvalue weighted by atomic mass is 10.1. The molecule has 0 spiro atoms. The zero-order valence-electron chi connectivity index (χ0n) is 16.5. The second kappa shape index (κ2) is 7.64. The van der Waals surface area contributed by atoms with Gasteiger partial charge in [0.1, 0.15) is 11.4 Å². The largest absolute Gasteiger partial charge is 0.324 e. The molecule has 5 nitrogen and oxygen atoms in total. The quantitative estimate of drug-likeness (QED) is 0.538. The fourth-order valence-corrected chi connectivity index (χ4v) is 4.63. The minimum Gasteiger partial charge on any atom is -0.324 e. The van der Waals surface area contributed by atoms with Crippen LogP contribution in [0.1, 0.15) is 16.7 Å². The molecule has 2 aromatic carbocycles. The summed E-state index contributed by atoms with van der Waals surface area (Å²) in [5.41, 5.74) is 4.53. The maximum absolute atomic E-state index is 13.1. The summed E-state index contributed by atoms with van der Waals surface area (Å²) >= 11 is 1.50. The third-order valence-corrected chi connectivity index (χ3v) is 6.26. The average molecular weight is 404 g/mol. The van der Waals surface area contributed by atoms with Gasteiger partial charge in [0.2, 0.25) is 5.91 Å². The van der Waals surface area contributed by atoms with Crippen molar-refractivity contribution in [1.82, 2.24) is 9.55 Å². The van der Waals surface area contributed by atoms with Crippen molar-refractivity contribution < 1.29 is 4.79 Å². The number of nitrogens with one attached hydrogen (secondary N) is 1. The van der Waals surface area contributed by atoms with Gasteiger partial charge in [0.15, 0.2) is 0 Å². The van der Waals surface area contributed by atoms with Crippen molar-refractivity contribution in [3.63, 3.8) is 0 Å². The molecule has 0 aliphatic rings. The lowest BCUT2D eigenvalue weighted by Crippen LogP contribution is -2.28. The van der Waals surface area contributed by atoms with E-state index in [1.807, 2.05) is 69.3 Å². The van der Waals surface area contributed by atoms with Crippen molar-refractivity contribution in [2.24, 2.45) is 0 Å². The summed E-state index contributed by atoms with van der Waals surface area (Å²) in [6.07, 6.45) is 1.46. The zero-order valence-corrected chi connectivity index (χ0v) is 17.3. The van der Waals surface area contributed by atoms with E-state index < -0.39 is 0 Å². The molecule has 0 fully saturated rings. The fourth-order valence-electron chi connectivity index (χ4n) is 3.48. The monoisotopic (exact) mass is 403 g/mol. The Hall–Kier alpha value is -3.25. The summed E-state index contributed by atoms with van der Waals surface area (Å²) in [7, 11) is 0. The smallest absolute Gasteiger partial charge is 0.262 e. The first-order chi connectivity index (χ1) is 14.0. The number of rotatable bonds is 4. The van der Waals surface area contributed by atoms with Gasteiger partial charge in [-0.2, -0.15) is 0 Å². The molecule has 2 heterocycles. The summed E-state index contributed by atoms with van der Waals surface area (Å²) in [4.78, 5) is 31.8. The second-order valence-electron chi connectivity index (χ2n) is 7.09. The van der Waals surface area contributed by atoms with Gasteiger partial charge < -0.3 is 5.32 Å². The zero-order chi connectivity index (χ0) is 20.5. The Morgan fingerprint density at radius 2 is 1.72 bits per heavy atom. The molecule has 0 atom stereocenters. The predicted molar refractivity (Wildman–Crippen MR) is 119 cm³/mol. The number of para-hydroxylation sites is 1. The number of aryl methyl sites for hydroxylation is 3. The summed E-state index contributed by atoms with van der Waals surface area (Å²) in [5.74, 6) is -0.248. The molecule has 0 saturated heterocycles. The molecule has 146 valence electrons. The molecular weight excluding hydrogens is 382 g/mol. The van der Waals surface area contributed by atoms with Crippen LogP contribution in [0.25, 0.3) is 20.7 Å². The van der Waals surface area contributed by atoms with Crippen LogP contribution in [-0.4, -0.2) is 15.5 Å². The van der Waals surface area contributed by atoms with Gasteiger partial charge in [0.05, 0.1) is 11.7 Å². The molecule has 2 aromatic heterocycles. The molecule has 0 aliphatic carbocycles. The van der Waals surface area contributed by atoms with E-state index in [0.717, 1.165) is 32.8 Å². The van der Waals surface area contributed by atoms with E-state index in [1.54, 1.807) is 0 Å². The molecule has 0 bridgehead atoms. The Bertz CT molecular complexity index is 1250. The van der Waals surface area contributed by atoms with E-state index in [1.165, 1.54) is 22.2 Å². The lowest BCUT2D eigenvalue weighted by Gasteiger charge is -2.12. The van der Waals surface area contributed by atoms with E-state index in [9.17, 15) is 9.59 Å². The van der Waals surface area contributed by atoms with Crippen molar-refractivity contribution in [2.45, 2.75) is 27.3 Å². The molecule has 0 aliphatic heterocycles. The van der Waals surface area contributed by atoms with Crippen LogP contribution in [0, 0.1) is 20.8 Å². The van der Waals surface area contributed by atoms with Crippen LogP contribution in [-0.2, 0) is 11.3 Å². The number of hydrogen-bond donors (Lipinski definition) is 1. The molecule has 6 heteroatoms. The maximum Gasteiger partial charge on any atom is 0.262 e. The van der Waals surface area contributed by atoms with Crippen LogP contribution < -0.4 is 10.9 Å². The van der Waals surface area contributed by atoms with Gasteiger partial charge in [-0.1, -0.05) is 48.5 Å². The first-order valence-electron chi connectivity index (χ1n) is 9.35. The number of anilines is 1. The first kappa shape index (κ1) is 19.1. The third-order valence-electron chi connectivity index (χ3n) is 5.01. The topological polar surface area (TPSA) is 64.0 Å². The van der Waals surface area contributed by atoms with Crippen LogP contribution in [0.15, 0.2) is 59.7 Å². The van der Waals surface area contributed by atoms with Crippen molar-refractivity contribution >= 4 is 33.1 Å². The molecule has 1 amide bonds. The highest BCUT2D eigenvalue weighted by Crippen LogP contribution is 2.35. The molecule has 0 unspecified atom stereocenters. The van der Waals surface area contributed by atoms with Gasteiger partial charge in [0, 0.05) is 10.6 Å². The normalized spacial score (nSPS) is 11.0. The Kier molecular flexibility index (Phi) is 5.03. The van der Waals surface area contributed by atoms with Gasteiger partial charge in [-0.25, -0.2) is 4.98 Å². The van der Waals surface area contributed by atoms with E-state index >= 15 is 0 Å². The number of carbonyl (C=O) groups is 1. The standard InChI is InChI=1S/C23H21N3O2S/c1-14-8-7-9-15(2)20(14)25-18(27)12-26-13-24-22-19(23(26)28)16(3)21(29-22)17-10-5-4-6-11-17/h4-11,13H,12H2,1-3H3,(H,25,27). The Balaban J connectivity index is 1.67. The number of fused-ring (bicyclic) bond motifs is 1. The molecule has 0 saturated carbocycles. The van der Waals surface area contributed by atoms with E-state index in [-0.39, 0.29) is 18.0 Å². The van der Waals surface area contributed by atoms with Gasteiger partial charge in [0.25, 0.3) is 5.56 Å². The molecule has 1 N–H and O–H groups in total. The van der Waals surface area contributed by atoms with Crippen LogP contribution >= 0.6 is 11.3 Å². The van der Waals surface area contributed by atoms with Crippen molar-refractivity contribution in [3.8, 4) is 10.4 Å². The van der Waals surface area contributed by atoms with E-state index in [0.29, 0.717) is 10.2 Å².